The van der Waals surface area contributed by atoms with E-state index < -0.39 is 5.91 Å². The van der Waals surface area contributed by atoms with E-state index in [1.807, 2.05) is 62.4 Å². The van der Waals surface area contributed by atoms with Gasteiger partial charge in [0, 0.05) is 11.3 Å². The molecule has 0 saturated heterocycles. The van der Waals surface area contributed by atoms with Gasteiger partial charge in [-0.3, -0.25) is 9.59 Å². The third kappa shape index (κ3) is 6.95. The van der Waals surface area contributed by atoms with Crippen LogP contribution in [0.4, 0.5) is 5.69 Å². The van der Waals surface area contributed by atoms with Crippen LogP contribution in [-0.2, 0) is 9.59 Å². The topological polar surface area (TPSA) is 100 Å². The molecule has 0 saturated carbocycles. The van der Waals surface area contributed by atoms with Crippen molar-refractivity contribution in [2.45, 2.75) is 19.9 Å². The molecule has 3 aromatic rings. The van der Waals surface area contributed by atoms with Crippen molar-refractivity contribution in [1.29, 1.82) is 5.26 Å². The van der Waals surface area contributed by atoms with Crippen molar-refractivity contribution in [2.24, 2.45) is 0 Å². The van der Waals surface area contributed by atoms with E-state index in [0.29, 0.717) is 17.0 Å². The molecule has 0 aliphatic heterocycles. The quantitative estimate of drug-likeness (QED) is 0.346. The number of hydrogen-bond donors (Lipinski definition) is 2. The smallest absolute Gasteiger partial charge is 0.262 e. The normalized spacial score (nSPS) is 11.7. The van der Waals surface area contributed by atoms with Gasteiger partial charge in [0.05, 0.1) is 13.2 Å². The lowest BCUT2D eigenvalue weighted by atomic mass is 10.1. The molecule has 0 fully saturated rings. The van der Waals surface area contributed by atoms with Crippen LogP contribution in [-0.4, -0.2) is 25.5 Å². The molecule has 35 heavy (non-hydrogen) atoms. The third-order valence-corrected chi connectivity index (χ3v) is 5.22. The summed E-state index contributed by atoms with van der Waals surface area (Å²) in [6.07, 6.45) is 1.42. The number of carbonyl (C=O) groups excluding carboxylic acids is 2. The summed E-state index contributed by atoms with van der Waals surface area (Å²) in [5, 5.41) is 15.2. The SMILES string of the molecule is COc1cccc(/C=C(/C#N)C(=O)N[C@H](C)c2ccccc2)c1OCC(=O)Nc1ccc(C)cc1. The van der Waals surface area contributed by atoms with Crippen LogP contribution in [0.15, 0.2) is 78.4 Å². The van der Waals surface area contributed by atoms with Gasteiger partial charge < -0.3 is 20.1 Å². The van der Waals surface area contributed by atoms with Crippen molar-refractivity contribution in [2.75, 3.05) is 19.0 Å². The molecule has 0 spiro atoms. The zero-order valence-electron chi connectivity index (χ0n) is 19.9. The predicted octanol–water partition coefficient (Wildman–Crippen LogP) is 4.81. The van der Waals surface area contributed by atoms with E-state index in [4.69, 9.17) is 9.47 Å². The Hall–Kier alpha value is -4.57. The van der Waals surface area contributed by atoms with Gasteiger partial charge in [0.15, 0.2) is 18.1 Å². The lowest BCUT2D eigenvalue weighted by Crippen LogP contribution is -2.27. The Morgan fingerprint density at radius 2 is 1.74 bits per heavy atom. The average Bonchev–Trinajstić information content (AvgIpc) is 2.87. The van der Waals surface area contributed by atoms with Gasteiger partial charge in [-0.1, -0.05) is 60.2 Å². The third-order valence-electron chi connectivity index (χ3n) is 5.22. The van der Waals surface area contributed by atoms with Gasteiger partial charge in [0.2, 0.25) is 0 Å². The van der Waals surface area contributed by atoms with Gasteiger partial charge in [-0.05, 0) is 43.7 Å². The number of ether oxygens (including phenoxy) is 2. The monoisotopic (exact) mass is 469 g/mol. The number of nitrogens with zero attached hydrogens (tertiary/aromatic N) is 1. The van der Waals surface area contributed by atoms with Crippen molar-refractivity contribution in [3.05, 3.63) is 95.1 Å². The van der Waals surface area contributed by atoms with Crippen LogP contribution in [0.1, 0.15) is 29.7 Å². The van der Waals surface area contributed by atoms with Crippen LogP contribution in [0.25, 0.3) is 6.08 Å². The standard InChI is InChI=1S/C28H27N3O4/c1-19-12-14-24(15-13-19)31-26(32)18-35-27-22(10-7-11-25(27)34-3)16-23(17-29)28(33)30-20(2)21-8-5-4-6-9-21/h4-16,20H,18H2,1-3H3,(H,30,33)(H,31,32)/b23-16-/t20-/m1/s1. The van der Waals surface area contributed by atoms with Gasteiger partial charge >= 0.3 is 0 Å². The zero-order chi connectivity index (χ0) is 25.2. The predicted molar refractivity (Wildman–Crippen MR) is 135 cm³/mol. The van der Waals surface area contributed by atoms with Crippen molar-refractivity contribution in [1.82, 2.24) is 5.32 Å². The summed E-state index contributed by atoms with van der Waals surface area (Å²) in [5.41, 5.74) is 2.99. The van der Waals surface area contributed by atoms with Crippen molar-refractivity contribution >= 4 is 23.6 Å². The first-order chi connectivity index (χ1) is 16.9. The van der Waals surface area contributed by atoms with Gasteiger partial charge in [0.25, 0.3) is 11.8 Å². The van der Waals surface area contributed by atoms with Gasteiger partial charge in [0.1, 0.15) is 11.6 Å². The van der Waals surface area contributed by atoms with Crippen LogP contribution in [0.3, 0.4) is 0 Å². The molecular formula is C28H27N3O4. The molecule has 1 atom stereocenters. The summed E-state index contributed by atoms with van der Waals surface area (Å²) in [4.78, 5) is 25.2. The molecule has 0 bridgehead atoms. The molecule has 0 heterocycles. The van der Waals surface area contributed by atoms with Gasteiger partial charge in [-0.2, -0.15) is 5.26 Å². The highest BCUT2D eigenvalue weighted by molar-refractivity contribution is 6.02. The van der Waals surface area contributed by atoms with Crippen LogP contribution in [0, 0.1) is 18.3 Å². The fraction of sp³-hybridized carbons (Fsp3) is 0.179. The summed E-state index contributed by atoms with van der Waals surface area (Å²) in [5.74, 6) is -0.248. The molecule has 0 aromatic heterocycles. The maximum Gasteiger partial charge on any atom is 0.262 e. The number of rotatable bonds is 9. The maximum atomic E-state index is 12.8. The summed E-state index contributed by atoms with van der Waals surface area (Å²) in [6.45, 7) is 3.52. The molecule has 0 aliphatic carbocycles. The minimum Gasteiger partial charge on any atom is -0.493 e. The van der Waals surface area contributed by atoms with Crippen molar-refractivity contribution < 1.29 is 19.1 Å². The second-order valence-corrected chi connectivity index (χ2v) is 7.86. The lowest BCUT2D eigenvalue weighted by Gasteiger charge is -2.15. The van der Waals surface area contributed by atoms with Gasteiger partial charge in [-0.15, -0.1) is 0 Å². The Morgan fingerprint density at radius 1 is 1.03 bits per heavy atom. The van der Waals surface area contributed by atoms with Crippen molar-refractivity contribution in [3.8, 4) is 17.6 Å². The van der Waals surface area contributed by atoms with E-state index in [9.17, 15) is 14.9 Å². The molecule has 2 N–H and O–H groups in total. The minimum absolute atomic E-state index is 0.102. The fourth-order valence-electron chi connectivity index (χ4n) is 3.34. The molecule has 0 radical (unpaired) electrons. The van der Waals surface area contributed by atoms with E-state index >= 15 is 0 Å². The first kappa shape index (κ1) is 25.1. The number of carbonyl (C=O) groups is 2. The van der Waals surface area contributed by atoms with Gasteiger partial charge in [-0.25, -0.2) is 0 Å². The van der Waals surface area contributed by atoms with Crippen molar-refractivity contribution in [3.63, 3.8) is 0 Å². The van der Waals surface area contributed by atoms with E-state index in [1.54, 1.807) is 30.3 Å². The summed E-state index contributed by atoms with van der Waals surface area (Å²) >= 11 is 0. The van der Waals surface area contributed by atoms with E-state index in [-0.39, 0.29) is 29.9 Å². The molecule has 178 valence electrons. The second-order valence-electron chi connectivity index (χ2n) is 7.86. The van der Waals surface area contributed by atoms with Crippen LogP contribution in [0.5, 0.6) is 11.5 Å². The molecule has 0 aliphatic rings. The highest BCUT2D eigenvalue weighted by Gasteiger charge is 2.17. The number of aryl methyl sites for hydroxylation is 1. The number of anilines is 1. The Morgan fingerprint density at radius 3 is 2.40 bits per heavy atom. The Kier molecular flexibility index (Phi) is 8.63. The second kappa shape index (κ2) is 12.1. The Bertz CT molecular complexity index is 1250. The maximum absolute atomic E-state index is 12.8. The number of benzene rings is 3. The number of hydrogen-bond acceptors (Lipinski definition) is 5. The molecule has 2 amide bonds. The largest absolute Gasteiger partial charge is 0.493 e. The molecular weight excluding hydrogens is 442 g/mol. The van der Waals surface area contributed by atoms with E-state index in [0.717, 1.165) is 11.1 Å². The summed E-state index contributed by atoms with van der Waals surface area (Å²) in [7, 11) is 1.47. The number of amides is 2. The highest BCUT2D eigenvalue weighted by atomic mass is 16.5. The minimum atomic E-state index is -0.519. The highest BCUT2D eigenvalue weighted by Crippen LogP contribution is 2.32. The number of methoxy groups -OCH3 is 1. The zero-order valence-corrected chi connectivity index (χ0v) is 19.9. The molecule has 7 heteroatoms. The van der Waals surface area contributed by atoms with Crippen LogP contribution < -0.4 is 20.1 Å². The number of nitriles is 1. The molecule has 0 unspecified atom stereocenters. The number of para-hydroxylation sites is 1. The Balaban J connectivity index is 1.76. The summed E-state index contributed by atoms with van der Waals surface area (Å²) in [6, 6.07) is 23.6. The van der Waals surface area contributed by atoms with E-state index in [2.05, 4.69) is 10.6 Å². The first-order valence-corrected chi connectivity index (χ1v) is 11.0. The lowest BCUT2D eigenvalue weighted by molar-refractivity contribution is -0.118. The number of nitrogens with one attached hydrogen (secondary N) is 2. The Labute approximate surface area is 205 Å². The molecule has 3 rings (SSSR count). The fourth-order valence-corrected chi connectivity index (χ4v) is 3.34. The first-order valence-electron chi connectivity index (χ1n) is 11.0. The molecule has 7 nitrogen and oxygen atoms in total. The van der Waals surface area contributed by atoms with Crippen LogP contribution in [0.2, 0.25) is 0 Å². The van der Waals surface area contributed by atoms with E-state index in [1.165, 1.54) is 13.2 Å². The summed E-state index contributed by atoms with van der Waals surface area (Å²) < 4.78 is 11.1. The molecule has 3 aromatic carbocycles. The average molecular weight is 470 g/mol. The van der Waals surface area contributed by atoms with Crippen LogP contribution >= 0.6 is 0 Å².